The fraction of sp³-hybridized carbons (Fsp3) is 0.444. The van der Waals surface area contributed by atoms with Gasteiger partial charge in [0.2, 0.25) is 0 Å². The molecule has 2 rings (SSSR count). The van der Waals surface area contributed by atoms with Gasteiger partial charge >= 0.3 is 0 Å². The number of hydrogen-bond donors (Lipinski definition) is 1. The number of aryl methyl sites for hydroxylation is 1. The molecule has 20 heavy (non-hydrogen) atoms. The molecule has 1 heterocycles. The highest BCUT2D eigenvalue weighted by Gasteiger charge is 2.11. The van der Waals surface area contributed by atoms with Crippen molar-refractivity contribution in [2.75, 3.05) is 0 Å². The van der Waals surface area contributed by atoms with Crippen LogP contribution in [0, 0.1) is 0 Å². The van der Waals surface area contributed by atoms with Gasteiger partial charge in [-0.25, -0.2) is 0 Å². The van der Waals surface area contributed by atoms with Crippen molar-refractivity contribution in [2.24, 2.45) is 0 Å². The van der Waals surface area contributed by atoms with E-state index in [2.05, 4.69) is 50.4 Å². The van der Waals surface area contributed by atoms with Crippen molar-refractivity contribution < 1.29 is 4.42 Å². The van der Waals surface area contributed by atoms with E-state index >= 15 is 0 Å². The van der Waals surface area contributed by atoms with Gasteiger partial charge in [0, 0.05) is 18.5 Å². The summed E-state index contributed by atoms with van der Waals surface area (Å²) in [5, 5.41) is 3.63. The monoisotopic (exact) mass is 271 g/mol. The van der Waals surface area contributed by atoms with Gasteiger partial charge in [0.1, 0.15) is 5.76 Å². The van der Waals surface area contributed by atoms with Gasteiger partial charge in [-0.1, -0.05) is 37.6 Å². The van der Waals surface area contributed by atoms with Crippen LogP contribution in [0.4, 0.5) is 0 Å². The molecule has 1 N–H and O–H groups in total. The molecule has 0 aliphatic carbocycles. The Hall–Kier alpha value is -1.54. The summed E-state index contributed by atoms with van der Waals surface area (Å²) in [7, 11) is 0. The van der Waals surface area contributed by atoms with Crippen molar-refractivity contribution in [1.82, 2.24) is 5.32 Å². The van der Waals surface area contributed by atoms with Crippen LogP contribution in [0.25, 0.3) is 0 Å². The SMILES string of the molecule is CCCc1ccc(C(C)NC(C)Cc2ccco2)cc1. The van der Waals surface area contributed by atoms with E-state index in [0.29, 0.717) is 12.1 Å². The Bertz CT molecular complexity index is 487. The highest BCUT2D eigenvalue weighted by molar-refractivity contribution is 5.25. The molecule has 0 bridgehead atoms. The summed E-state index contributed by atoms with van der Waals surface area (Å²) in [6, 6.07) is 13.7. The zero-order chi connectivity index (χ0) is 14.4. The summed E-state index contributed by atoms with van der Waals surface area (Å²) in [5.74, 6) is 1.04. The number of furan rings is 1. The van der Waals surface area contributed by atoms with Gasteiger partial charge in [-0.15, -0.1) is 0 Å². The molecular formula is C18H25NO. The lowest BCUT2D eigenvalue weighted by molar-refractivity contribution is 0.429. The standard InChI is InChI=1S/C18H25NO/c1-4-6-16-8-10-17(11-9-16)15(3)19-14(2)13-18-7-5-12-20-18/h5,7-12,14-15,19H,4,6,13H2,1-3H3. The molecule has 0 amide bonds. The summed E-state index contributed by atoms with van der Waals surface area (Å²) in [6.07, 6.45) is 5.02. The highest BCUT2D eigenvalue weighted by Crippen LogP contribution is 2.16. The van der Waals surface area contributed by atoms with Crippen LogP contribution in [0.5, 0.6) is 0 Å². The van der Waals surface area contributed by atoms with E-state index in [0.717, 1.165) is 18.6 Å². The van der Waals surface area contributed by atoms with Gasteiger partial charge in [-0.2, -0.15) is 0 Å². The van der Waals surface area contributed by atoms with Crippen molar-refractivity contribution >= 4 is 0 Å². The molecule has 0 spiro atoms. The Labute approximate surface area is 122 Å². The first-order chi connectivity index (χ1) is 9.69. The van der Waals surface area contributed by atoms with E-state index in [-0.39, 0.29) is 0 Å². The lowest BCUT2D eigenvalue weighted by atomic mass is 10.0. The van der Waals surface area contributed by atoms with Crippen molar-refractivity contribution in [3.63, 3.8) is 0 Å². The maximum Gasteiger partial charge on any atom is 0.105 e. The van der Waals surface area contributed by atoms with E-state index < -0.39 is 0 Å². The Morgan fingerprint density at radius 1 is 1.10 bits per heavy atom. The molecule has 0 aliphatic heterocycles. The van der Waals surface area contributed by atoms with Gasteiger partial charge in [0.05, 0.1) is 6.26 Å². The van der Waals surface area contributed by atoms with E-state index in [1.807, 2.05) is 12.1 Å². The maximum absolute atomic E-state index is 5.39. The predicted molar refractivity (Wildman–Crippen MR) is 83.9 cm³/mol. The van der Waals surface area contributed by atoms with E-state index in [1.165, 1.54) is 17.5 Å². The largest absolute Gasteiger partial charge is 0.469 e. The van der Waals surface area contributed by atoms with Gasteiger partial charge in [0.15, 0.2) is 0 Å². The van der Waals surface area contributed by atoms with Crippen molar-refractivity contribution in [3.8, 4) is 0 Å². The average molecular weight is 271 g/mol. The molecule has 1 aromatic heterocycles. The molecule has 0 radical (unpaired) electrons. The molecule has 2 atom stereocenters. The minimum absolute atomic E-state index is 0.357. The fourth-order valence-electron chi connectivity index (χ4n) is 2.57. The molecule has 108 valence electrons. The van der Waals surface area contributed by atoms with Crippen molar-refractivity contribution in [1.29, 1.82) is 0 Å². The molecule has 0 saturated heterocycles. The summed E-state index contributed by atoms with van der Waals surface area (Å²) < 4.78 is 5.39. The quantitative estimate of drug-likeness (QED) is 0.801. The lowest BCUT2D eigenvalue weighted by Gasteiger charge is -2.20. The van der Waals surface area contributed by atoms with Crippen molar-refractivity contribution in [2.45, 2.75) is 52.1 Å². The second kappa shape index (κ2) is 7.30. The van der Waals surface area contributed by atoms with Crippen molar-refractivity contribution in [3.05, 3.63) is 59.5 Å². The molecule has 0 aliphatic rings. The Balaban J connectivity index is 1.88. The van der Waals surface area contributed by atoms with Gasteiger partial charge in [0.25, 0.3) is 0 Å². The van der Waals surface area contributed by atoms with Crippen LogP contribution < -0.4 is 5.32 Å². The summed E-state index contributed by atoms with van der Waals surface area (Å²) >= 11 is 0. The predicted octanol–water partition coefficient (Wildman–Crippen LogP) is 4.51. The van der Waals surface area contributed by atoms with Crippen LogP contribution in [-0.2, 0) is 12.8 Å². The normalized spacial score (nSPS) is 14.2. The average Bonchev–Trinajstić information content (AvgIpc) is 2.92. The molecule has 2 aromatic rings. The summed E-state index contributed by atoms with van der Waals surface area (Å²) in [4.78, 5) is 0. The van der Waals surface area contributed by atoms with E-state index in [4.69, 9.17) is 4.42 Å². The van der Waals surface area contributed by atoms with Gasteiger partial charge in [-0.3, -0.25) is 0 Å². The fourth-order valence-corrected chi connectivity index (χ4v) is 2.57. The first kappa shape index (κ1) is 14.9. The topological polar surface area (TPSA) is 25.2 Å². The zero-order valence-corrected chi connectivity index (χ0v) is 12.7. The van der Waals surface area contributed by atoms with Crippen LogP contribution in [-0.4, -0.2) is 6.04 Å². The second-order valence-electron chi connectivity index (χ2n) is 5.56. The molecule has 2 heteroatoms. The lowest BCUT2D eigenvalue weighted by Crippen LogP contribution is -2.30. The van der Waals surface area contributed by atoms with Crippen LogP contribution in [0.2, 0.25) is 0 Å². The number of hydrogen-bond acceptors (Lipinski definition) is 2. The van der Waals surface area contributed by atoms with Gasteiger partial charge in [-0.05, 0) is 43.5 Å². The zero-order valence-electron chi connectivity index (χ0n) is 12.7. The minimum Gasteiger partial charge on any atom is -0.469 e. The molecule has 2 nitrogen and oxygen atoms in total. The Kier molecular flexibility index (Phi) is 5.42. The summed E-state index contributed by atoms with van der Waals surface area (Å²) in [6.45, 7) is 6.63. The smallest absolute Gasteiger partial charge is 0.105 e. The van der Waals surface area contributed by atoms with Crippen LogP contribution >= 0.6 is 0 Å². The number of rotatable bonds is 7. The van der Waals surface area contributed by atoms with E-state index in [9.17, 15) is 0 Å². The number of benzene rings is 1. The maximum atomic E-state index is 5.39. The first-order valence-electron chi connectivity index (χ1n) is 7.56. The molecule has 0 saturated carbocycles. The third-order valence-electron chi connectivity index (χ3n) is 3.64. The summed E-state index contributed by atoms with van der Waals surface area (Å²) in [5.41, 5.74) is 2.77. The first-order valence-corrected chi connectivity index (χ1v) is 7.56. The molecule has 2 unspecified atom stereocenters. The molecular weight excluding hydrogens is 246 g/mol. The van der Waals surface area contributed by atoms with Crippen LogP contribution in [0.1, 0.15) is 50.1 Å². The van der Waals surface area contributed by atoms with E-state index in [1.54, 1.807) is 6.26 Å². The third-order valence-corrected chi connectivity index (χ3v) is 3.64. The Morgan fingerprint density at radius 2 is 1.85 bits per heavy atom. The minimum atomic E-state index is 0.357. The van der Waals surface area contributed by atoms with Crippen LogP contribution in [0.3, 0.4) is 0 Å². The molecule has 1 aromatic carbocycles. The highest BCUT2D eigenvalue weighted by atomic mass is 16.3. The number of nitrogens with one attached hydrogen (secondary N) is 1. The third kappa shape index (κ3) is 4.24. The van der Waals surface area contributed by atoms with Gasteiger partial charge < -0.3 is 9.73 Å². The second-order valence-corrected chi connectivity index (χ2v) is 5.56. The Morgan fingerprint density at radius 3 is 2.45 bits per heavy atom. The molecule has 0 fully saturated rings. The van der Waals surface area contributed by atoms with Crippen LogP contribution in [0.15, 0.2) is 47.1 Å².